The first-order chi connectivity index (χ1) is 21.5. The molecule has 220 valence electrons. The van der Waals surface area contributed by atoms with E-state index in [4.69, 9.17) is 24.4 Å². The number of cyclic esters (lactones) is 1. The second-order valence-electron chi connectivity index (χ2n) is 10.8. The Labute approximate surface area is 255 Å². The van der Waals surface area contributed by atoms with Gasteiger partial charge in [0.05, 0.1) is 28.9 Å². The monoisotopic (exact) mass is 583 g/mol. The van der Waals surface area contributed by atoms with Crippen LogP contribution in [0.5, 0.6) is 5.75 Å². The molecule has 0 radical (unpaired) electrons. The average Bonchev–Trinajstić information content (AvgIpc) is 3.58. The van der Waals surface area contributed by atoms with Gasteiger partial charge in [0, 0.05) is 36.6 Å². The maximum atomic E-state index is 14.0. The Kier molecular flexibility index (Phi) is 6.77. The number of hydrogen-bond donors (Lipinski definition) is 0. The number of carbonyl (C=O) groups is 1. The first kappa shape index (κ1) is 27.6. The SMILES string of the molecule is CCOc1cc(N(CC)CC)ccc1C1(c2c(-c3ccccc3)nc3c(C)cccn23)OC(=O)c2nc3ccccc3nc21. The molecule has 0 amide bonds. The summed E-state index contributed by atoms with van der Waals surface area (Å²) in [7, 11) is 0. The van der Waals surface area contributed by atoms with Crippen molar-refractivity contribution in [3.63, 3.8) is 0 Å². The zero-order valence-corrected chi connectivity index (χ0v) is 25.2. The zero-order chi connectivity index (χ0) is 30.4. The predicted octanol–water partition coefficient (Wildman–Crippen LogP) is 6.96. The van der Waals surface area contributed by atoms with Gasteiger partial charge in [0.15, 0.2) is 5.69 Å². The molecule has 0 saturated carbocycles. The van der Waals surface area contributed by atoms with Gasteiger partial charge in [-0.05, 0) is 63.6 Å². The molecule has 0 saturated heterocycles. The second kappa shape index (κ2) is 10.8. The van der Waals surface area contributed by atoms with Crippen molar-refractivity contribution in [2.24, 2.45) is 0 Å². The highest BCUT2D eigenvalue weighted by molar-refractivity contribution is 5.96. The van der Waals surface area contributed by atoms with E-state index in [0.717, 1.165) is 35.6 Å². The molecule has 0 fully saturated rings. The van der Waals surface area contributed by atoms with Crippen molar-refractivity contribution >= 4 is 28.3 Å². The summed E-state index contributed by atoms with van der Waals surface area (Å²) >= 11 is 0. The van der Waals surface area contributed by atoms with E-state index in [-0.39, 0.29) is 5.69 Å². The fraction of sp³-hybridized carbons (Fsp3) is 0.222. The van der Waals surface area contributed by atoms with Crippen LogP contribution < -0.4 is 9.64 Å². The van der Waals surface area contributed by atoms with Crippen molar-refractivity contribution in [3.05, 3.63) is 119 Å². The van der Waals surface area contributed by atoms with Crippen molar-refractivity contribution in [3.8, 4) is 17.0 Å². The number of rotatable bonds is 8. The topological polar surface area (TPSA) is 81.9 Å². The number of aryl methyl sites for hydroxylation is 1. The molecule has 6 aromatic rings. The number of nitrogens with zero attached hydrogens (tertiary/aromatic N) is 5. The maximum absolute atomic E-state index is 14.0. The van der Waals surface area contributed by atoms with E-state index in [1.807, 2.05) is 103 Å². The number of anilines is 1. The van der Waals surface area contributed by atoms with Crippen LogP contribution in [0.1, 0.15) is 53.8 Å². The Morgan fingerprint density at radius 3 is 2.30 bits per heavy atom. The van der Waals surface area contributed by atoms with Crippen LogP contribution in [-0.4, -0.2) is 45.0 Å². The minimum Gasteiger partial charge on any atom is -0.493 e. The van der Waals surface area contributed by atoms with Gasteiger partial charge in [-0.3, -0.25) is 4.40 Å². The fourth-order valence-electron chi connectivity index (χ4n) is 6.29. The zero-order valence-electron chi connectivity index (χ0n) is 25.2. The van der Waals surface area contributed by atoms with Crippen LogP contribution in [0.3, 0.4) is 0 Å². The molecule has 4 heterocycles. The molecule has 44 heavy (non-hydrogen) atoms. The quantitative estimate of drug-likeness (QED) is 0.179. The van der Waals surface area contributed by atoms with Gasteiger partial charge in [0.2, 0.25) is 5.60 Å². The summed E-state index contributed by atoms with van der Waals surface area (Å²) in [5.41, 5.74) is 6.03. The molecule has 1 unspecified atom stereocenters. The van der Waals surface area contributed by atoms with Crippen LogP contribution >= 0.6 is 0 Å². The molecule has 0 bridgehead atoms. The Balaban J connectivity index is 1.65. The Morgan fingerprint density at radius 2 is 1.57 bits per heavy atom. The van der Waals surface area contributed by atoms with E-state index in [9.17, 15) is 4.79 Å². The highest BCUT2D eigenvalue weighted by atomic mass is 16.6. The summed E-state index contributed by atoms with van der Waals surface area (Å²) in [6, 6.07) is 27.6. The number of hydrogen-bond acceptors (Lipinski definition) is 7. The number of aromatic nitrogens is 4. The van der Waals surface area contributed by atoms with Crippen molar-refractivity contribution < 1.29 is 14.3 Å². The number of imidazole rings is 1. The first-order valence-electron chi connectivity index (χ1n) is 15.1. The lowest BCUT2D eigenvalue weighted by Crippen LogP contribution is -2.33. The van der Waals surface area contributed by atoms with Crippen molar-refractivity contribution in [1.82, 2.24) is 19.4 Å². The highest BCUT2D eigenvalue weighted by Gasteiger charge is 2.56. The average molecular weight is 584 g/mol. The lowest BCUT2D eigenvalue weighted by Gasteiger charge is -2.32. The number of fused-ring (bicyclic) bond motifs is 3. The Hall–Kier alpha value is -5.24. The Bertz CT molecular complexity index is 2030. The third-order valence-electron chi connectivity index (χ3n) is 8.34. The van der Waals surface area contributed by atoms with Gasteiger partial charge in [-0.25, -0.2) is 19.7 Å². The molecule has 0 aliphatic carbocycles. The molecule has 3 aromatic heterocycles. The van der Waals surface area contributed by atoms with E-state index >= 15 is 0 Å². The molecule has 8 heteroatoms. The summed E-state index contributed by atoms with van der Waals surface area (Å²) in [6.07, 6.45) is 1.96. The summed E-state index contributed by atoms with van der Waals surface area (Å²) in [5.74, 6) is 0.0595. The normalized spacial score (nSPS) is 15.9. The minimum atomic E-state index is -1.52. The van der Waals surface area contributed by atoms with Crippen LogP contribution in [0, 0.1) is 6.92 Å². The largest absolute Gasteiger partial charge is 0.493 e. The second-order valence-corrected chi connectivity index (χ2v) is 10.8. The molecular weight excluding hydrogens is 550 g/mol. The first-order valence-corrected chi connectivity index (χ1v) is 15.1. The fourth-order valence-corrected chi connectivity index (χ4v) is 6.29. The molecular formula is C36H33N5O3. The number of carbonyl (C=O) groups excluding carboxylic acids is 1. The van der Waals surface area contributed by atoms with E-state index < -0.39 is 11.6 Å². The Morgan fingerprint density at radius 1 is 0.841 bits per heavy atom. The standard InChI is InChI=1S/C36H33N5O3/c1-5-40(6-2)25-19-20-26(29(22-25)43-7-3)36(32-31(35(42)44-36)37-27-17-11-12-18-28(27)38-32)33-30(24-15-9-8-10-16-24)39-34-23(4)14-13-21-41(33)34/h8-22H,5-7H2,1-4H3. The number of para-hydroxylation sites is 2. The lowest BCUT2D eigenvalue weighted by molar-refractivity contribution is 0.0220. The van der Waals surface area contributed by atoms with Crippen molar-refractivity contribution in [2.45, 2.75) is 33.3 Å². The highest BCUT2D eigenvalue weighted by Crippen LogP contribution is 2.52. The van der Waals surface area contributed by atoms with Crippen LogP contribution in [-0.2, 0) is 10.3 Å². The van der Waals surface area contributed by atoms with E-state index in [0.29, 0.717) is 46.0 Å². The van der Waals surface area contributed by atoms with Crippen molar-refractivity contribution in [2.75, 3.05) is 24.6 Å². The molecule has 1 aliphatic heterocycles. The van der Waals surface area contributed by atoms with Crippen LogP contribution in [0.15, 0.2) is 91.1 Å². The minimum absolute atomic E-state index is 0.181. The van der Waals surface area contributed by atoms with E-state index in [1.165, 1.54) is 0 Å². The van der Waals surface area contributed by atoms with Gasteiger partial charge < -0.3 is 14.4 Å². The number of benzene rings is 3. The number of esters is 1. The van der Waals surface area contributed by atoms with Gasteiger partial charge in [-0.15, -0.1) is 0 Å². The summed E-state index contributed by atoms with van der Waals surface area (Å²) in [6.45, 7) is 10.3. The molecule has 1 aliphatic rings. The number of pyridine rings is 1. The van der Waals surface area contributed by atoms with Gasteiger partial charge in [-0.2, -0.15) is 0 Å². The van der Waals surface area contributed by atoms with E-state index in [2.05, 4.69) is 24.8 Å². The van der Waals surface area contributed by atoms with Gasteiger partial charge in [-0.1, -0.05) is 48.5 Å². The molecule has 0 spiro atoms. The third-order valence-corrected chi connectivity index (χ3v) is 8.34. The van der Waals surface area contributed by atoms with Crippen LogP contribution in [0.4, 0.5) is 5.69 Å². The summed E-state index contributed by atoms with van der Waals surface area (Å²) in [5, 5.41) is 0. The van der Waals surface area contributed by atoms with E-state index in [1.54, 1.807) is 0 Å². The molecule has 0 N–H and O–H groups in total. The summed E-state index contributed by atoms with van der Waals surface area (Å²) < 4.78 is 15.0. The summed E-state index contributed by atoms with van der Waals surface area (Å²) in [4.78, 5) is 31.3. The molecule has 3 aromatic carbocycles. The smallest absolute Gasteiger partial charge is 0.360 e. The third kappa shape index (κ3) is 4.12. The predicted molar refractivity (Wildman–Crippen MR) is 171 cm³/mol. The molecule has 1 atom stereocenters. The van der Waals surface area contributed by atoms with Gasteiger partial charge in [0.25, 0.3) is 0 Å². The molecule has 7 rings (SSSR count). The van der Waals surface area contributed by atoms with Crippen LogP contribution in [0.25, 0.3) is 27.9 Å². The maximum Gasteiger partial charge on any atom is 0.360 e. The lowest BCUT2D eigenvalue weighted by atomic mass is 9.83. The van der Waals surface area contributed by atoms with Crippen molar-refractivity contribution in [1.29, 1.82) is 0 Å². The number of ether oxygens (including phenoxy) is 2. The molecule has 8 nitrogen and oxygen atoms in total. The van der Waals surface area contributed by atoms with Gasteiger partial charge >= 0.3 is 5.97 Å². The van der Waals surface area contributed by atoms with Gasteiger partial charge in [0.1, 0.15) is 22.8 Å². The van der Waals surface area contributed by atoms with Crippen LogP contribution in [0.2, 0.25) is 0 Å².